The number of hydrogen-bond donors (Lipinski definition) is 1. The summed E-state index contributed by atoms with van der Waals surface area (Å²) in [6.07, 6.45) is -1.23. The van der Waals surface area contributed by atoms with Gasteiger partial charge in [0.2, 0.25) is 5.16 Å². The summed E-state index contributed by atoms with van der Waals surface area (Å²) in [4.78, 5) is 39.8. The van der Waals surface area contributed by atoms with Crippen molar-refractivity contribution in [2.45, 2.75) is 12.1 Å². The fourth-order valence-electron chi connectivity index (χ4n) is 3.61. The van der Waals surface area contributed by atoms with E-state index in [1.54, 1.807) is 44.9 Å². The number of fused-ring (bicyclic) bond motifs is 1. The molecule has 3 aromatic carbocycles. The molecular formula is C27H28N6O5S. The summed E-state index contributed by atoms with van der Waals surface area (Å²) in [6.45, 7) is 2.29. The van der Waals surface area contributed by atoms with E-state index in [1.807, 2.05) is 49.4 Å². The SMILES string of the molecule is CCNC(=O)Sc1nnc(-c2ccc(OC(=O)N(C)C)cc2OC(=O)N(C)C)n1-c1cccc2ccccc12. The van der Waals surface area contributed by atoms with Crippen LogP contribution in [-0.2, 0) is 0 Å². The minimum absolute atomic E-state index is 0.0983. The van der Waals surface area contributed by atoms with E-state index in [1.165, 1.54) is 15.9 Å². The minimum Gasteiger partial charge on any atom is -0.410 e. The van der Waals surface area contributed by atoms with Gasteiger partial charge in [0.15, 0.2) is 5.82 Å². The Morgan fingerprint density at radius 1 is 0.897 bits per heavy atom. The highest BCUT2D eigenvalue weighted by atomic mass is 32.2. The molecule has 11 nitrogen and oxygen atoms in total. The Labute approximate surface area is 229 Å². The highest BCUT2D eigenvalue weighted by Crippen LogP contribution is 2.38. The lowest BCUT2D eigenvalue weighted by Crippen LogP contribution is -2.26. The molecule has 1 heterocycles. The summed E-state index contributed by atoms with van der Waals surface area (Å²) in [6, 6.07) is 18.2. The average molecular weight is 549 g/mol. The zero-order chi connectivity index (χ0) is 28.1. The van der Waals surface area contributed by atoms with Crippen LogP contribution in [0.5, 0.6) is 11.5 Å². The zero-order valence-electron chi connectivity index (χ0n) is 22.2. The van der Waals surface area contributed by atoms with Crippen LogP contribution in [0.3, 0.4) is 0 Å². The first-order valence-electron chi connectivity index (χ1n) is 12.0. The number of carbonyl (C=O) groups excluding carboxylic acids is 3. The van der Waals surface area contributed by atoms with E-state index in [-0.39, 0.29) is 16.7 Å². The highest BCUT2D eigenvalue weighted by molar-refractivity contribution is 8.13. The predicted molar refractivity (Wildman–Crippen MR) is 149 cm³/mol. The Morgan fingerprint density at radius 3 is 2.31 bits per heavy atom. The van der Waals surface area contributed by atoms with Gasteiger partial charge in [-0.15, -0.1) is 10.2 Å². The van der Waals surface area contributed by atoms with E-state index in [4.69, 9.17) is 9.47 Å². The number of hydrogen-bond acceptors (Lipinski definition) is 8. The number of aromatic nitrogens is 3. The Hall–Kier alpha value is -4.58. The Bertz CT molecular complexity index is 1530. The van der Waals surface area contributed by atoms with Crippen LogP contribution in [0.15, 0.2) is 65.8 Å². The molecule has 0 radical (unpaired) electrons. The van der Waals surface area contributed by atoms with Crippen LogP contribution < -0.4 is 14.8 Å². The van der Waals surface area contributed by atoms with Crippen molar-refractivity contribution < 1.29 is 23.9 Å². The third-order valence-electron chi connectivity index (χ3n) is 5.47. The highest BCUT2D eigenvalue weighted by Gasteiger charge is 2.24. The Balaban J connectivity index is 1.92. The van der Waals surface area contributed by atoms with Gasteiger partial charge in [0.25, 0.3) is 5.24 Å². The average Bonchev–Trinajstić information content (AvgIpc) is 3.31. The summed E-state index contributed by atoms with van der Waals surface area (Å²) in [5.74, 6) is 0.596. The largest absolute Gasteiger partial charge is 0.414 e. The Kier molecular flexibility index (Phi) is 8.35. The number of ether oxygens (including phenoxy) is 2. The molecule has 0 saturated carbocycles. The lowest BCUT2D eigenvalue weighted by molar-refractivity contribution is 0.170. The molecule has 0 aliphatic carbocycles. The lowest BCUT2D eigenvalue weighted by Gasteiger charge is -2.17. The molecule has 0 atom stereocenters. The monoisotopic (exact) mass is 548 g/mol. The van der Waals surface area contributed by atoms with Crippen molar-refractivity contribution in [3.63, 3.8) is 0 Å². The van der Waals surface area contributed by atoms with Crippen LogP contribution in [0, 0.1) is 0 Å². The number of nitrogens with zero attached hydrogens (tertiary/aromatic N) is 5. The van der Waals surface area contributed by atoms with E-state index in [0.29, 0.717) is 23.1 Å². The molecule has 0 saturated heterocycles. The molecule has 0 spiro atoms. The van der Waals surface area contributed by atoms with Crippen LogP contribution in [-0.4, -0.2) is 76.7 Å². The van der Waals surface area contributed by atoms with E-state index in [2.05, 4.69) is 15.5 Å². The third kappa shape index (κ3) is 6.12. The van der Waals surface area contributed by atoms with Crippen LogP contribution >= 0.6 is 11.8 Å². The maximum Gasteiger partial charge on any atom is 0.414 e. The lowest BCUT2D eigenvalue weighted by atomic mass is 10.1. The number of thioether (sulfide) groups is 1. The van der Waals surface area contributed by atoms with Crippen molar-refractivity contribution >= 4 is 40.0 Å². The molecule has 202 valence electrons. The van der Waals surface area contributed by atoms with Gasteiger partial charge >= 0.3 is 12.2 Å². The van der Waals surface area contributed by atoms with E-state index in [0.717, 1.165) is 28.2 Å². The number of rotatable bonds is 6. The van der Waals surface area contributed by atoms with Gasteiger partial charge in [0.05, 0.1) is 11.3 Å². The van der Waals surface area contributed by atoms with E-state index < -0.39 is 12.2 Å². The van der Waals surface area contributed by atoms with Crippen molar-refractivity contribution in [1.82, 2.24) is 29.9 Å². The molecule has 1 N–H and O–H groups in total. The first-order valence-corrected chi connectivity index (χ1v) is 12.8. The molecule has 1 aromatic heterocycles. The third-order valence-corrected chi connectivity index (χ3v) is 6.25. The topological polar surface area (TPSA) is 119 Å². The van der Waals surface area contributed by atoms with Crippen molar-refractivity contribution in [3.05, 3.63) is 60.7 Å². The molecule has 0 aliphatic heterocycles. The number of carbonyl (C=O) groups is 3. The minimum atomic E-state index is -0.638. The molecule has 0 aliphatic rings. The number of amides is 3. The predicted octanol–water partition coefficient (Wildman–Crippen LogP) is 5.03. The molecular weight excluding hydrogens is 520 g/mol. The standard InChI is InChI=1S/C27H28N6O5S/c1-6-28-25(34)39-24-30-29-23(33(24)21-13-9-11-17-10-7-8-12-19(17)21)20-15-14-18(37-26(35)31(2)3)16-22(20)38-27(36)32(4)5/h7-16H,6H2,1-5H3,(H,28,34). The van der Waals surface area contributed by atoms with Crippen LogP contribution in [0.25, 0.3) is 27.8 Å². The summed E-state index contributed by atoms with van der Waals surface area (Å²) in [5, 5.41) is 13.4. The number of nitrogens with one attached hydrogen (secondary N) is 1. The van der Waals surface area contributed by atoms with Crippen molar-refractivity contribution in [1.29, 1.82) is 0 Å². The molecule has 3 amide bonds. The molecule has 39 heavy (non-hydrogen) atoms. The second-order valence-corrected chi connectivity index (χ2v) is 9.68. The van der Waals surface area contributed by atoms with Crippen molar-refractivity contribution in [2.75, 3.05) is 34.7 Å². The second-order valence-electron chi connectivity index (χ2n) is 8.74. The molecule has 0 unspecified atom stereocenters. The first kappa shape index (κ1) is 27.5. The molecule has 12 heteroatoms. The second kappa shape index (κ2) is 11.9. The molecule has 4 aromatic rings. The zero-order valence-corrected chi connectivity index (χ0v) is 23.0. The summed E-state index contributed by atoms with van der Waals surface area (Å²) in [7, 11) is 6.23. The van der Waals surface area contributed by atoms with Gasteiger partial charge < -0.3 is 24.6 Å². The van der Waals surface area contributed by atoms with Crippen LogP contribution in [0.2, 0.25) is 0 Å². The van der Waals surface area contributed by atoms with E-state index in [9.17, 15) is 14.4 Å². The van der Waals surface area contributed by atoms with Gasteiger partial charge in [-0.3, -0.25) is 9.36 Å². The Morgan fingerprint density at radius 2 is 1.59 bits per heavy atom. The maximum atomic E-state index is 12.6. The normalized spacial score (nSPS) is 10.7. The van der Waals surface area contributed by atoms with Crippen molar-refractivity contribution in [3.8, 4) is 28.6 Å². The van der Waals surface area contributed by atoms with Gasteiger partial charge in [0, 0.05) is 57.9 Å². The van der Waals surface area contributed by atoms with Gasteiger partial charge in [0.1, 0.15) is 11.5 Å². The smallest absolute Gasteiger partial charge is 0.410 e. The summed E-state index contributed by atoms with van der Waals surface area (Å²) >= 11 is 0.902. The molecule has 0 bridgehead atoms. The van der Waals surface area contributed by atoms with Gasteiger partial charge in [-0.25, -0.2) is 9.59 Å². The van der Waals surface area contributed by atoms with E-state index >= 15 is 0 Å². The fraction of sp³-hybridized carbons (Fsp3) is 0.222. The van der Waals surface area contributed by atoms with Crippen molar-refractivity contribution in [2.24, 2.45) is 0 Å². The fourth-order valence-corrected chi connectivity index (χ4v) is 4.35. The van der Waals surface area contributed by atoms with Crippen LogP contribution in [0.1, 0.15) is 6.92 Å². The van der Waals surface area contributed by atoms with Gasteiger partial charge in [-0.05, 0) is 30.5 Å². The summed E-state index contributed by atoms with van der Waals surface area (Å²) in [5.41, 5.74) is 1.13. The molecule has 4 rings (SSSR count). The van der Waals surface area contributed by atoms with Gasteiger partial charge in [-0.1, -0.05) is 36.4 Å². The van der Waals surface area contributed by atoms with Gasteiger partial charge in [-0.2, -0.15) is 0 Å². The number of benzene rings is 3. The molecule has 0 fully saturated rings. The quantitative estimate of drug-likeness (QED) is 0.333. The summed E-state index contributed by atoms with van der Waals surface area (Å²) < 4.78 is 12.8. The maximum absolute atomic E-state index is 12.6. The van der Waals surface area contributed by atoms with Crippen LogP contribution in [0.4, 0.5) is 14.4 Å². The first-order chi connectivity index (χ1) is 18.7.